The van der Waals surface area contributed by atoms with E-state index in [1.165, 1.54) is 28.6 Å². The highest BCUT2D eigenvalue weighted by atomic mass is 16.1. The van der Waals surface area contributed by atoms with Gasteiger partial charge in [0.15, 0.2) is 0 Å². The fraction of sp³-hybridized carbons (Fsp3) is 0.464. The van der Waals surface area contributed by atoms with E-state index in [1.807, 2.05) is 13.8 Å². The van der Waals surface area contributed by atoms with Gasteiger partial charge in [-0.1, -0.05) is 26.0 Å². The first-order chi connectivity index (χ1) is 15.9. The van der Waals surface area contributed by atoms with Crippen LogP contribution in [0.2, 0.25) is 0 Å². The summed E-state index contributed by atoms with van der Waals surface area (Å²) in [5.74, 6) is 1.76. The second kappa shape index (κ2) is 8.94. The maximum atomic E-state index is 12.1. The third kappa shape index (κ3) is 4.43. The summed E-state index contributed by atoms with van der Waals surface area (Å²) in [6.45, 7) is 10.3. The second-order valence-electron chi connectivity index (χ2n) is 10.2. The minimum Gasteiger partial charge on any atom is -0.326 e. The minimum atomic E-state index is -0.00934. The van der Waals surface area contributed by atoms with Crippen molar-refractivity contribution >= 4 is 22.6 Å². The van der Waals surface area contributed by atoms with Gasteiger partial charge >= 0.3 is 0 Å². The zero-order valence-corrected chi connectivity index (χ0v) is 20.3. The van der Waals surface area contributed by atoms with Crippen LogP contribution in [0.3, 0.4) is 0 Å². The molecule has 1 aliphatic carbocycles. The molecule has 0 bridgehead atoms. The van der Waals surface area contributed by atoms with E-state index in [0.717, 1.165) is 49.4 Å². The Morgan fingerprint density at radius 1 is 1.12 bits per heavy atom. The van der Waals surface area contributed by atoms with Gasteiger partial charge in [0.25, 0.3) is 0 Å². The van der Waals surface area contributed by atoms with E-state index in [4.69, 9.17) is 4.98 Å². The van der Waals surface area contributed by atoms with E-state index in [9.17, 15) is 4.79 Å². The Balaban J connectivity index is 1.33. The Morgan fingerprint density at radius 2 is 1.94 bits per heavy atom. The van der Waals surface area contributed by atoms with Crippen LogP contribution in [-0.4, -0.2) is 33.4 Å². The molecule has 0 spiro atoms. The number of piperidine rings is 1. The van der Waals surface area contributed by atoms with Gasteiger partial charge in [-0.15, -0.1) is 0 Å². The molecule has 1 aliphatic heterocycles. The average molecular weight is 444 g/mol. The number of nitrogens with one attached hydrogen (secondary N) is 1. The van der Waals surface area contributed by atoms with E-state index < -0.39 is 0 Å². The SMILES string of the molecule is Cc1ccc2c(c1)nc(C)n2C1[CH]CCCN1C[C@@H]1Cc2ccc(NC(=O)C(C)C)cc2C1. The molecule has 1 aromatic heterocycles. The summed E-state index contributed by atoms with van der Waals surface area (Å²) in [5.41, 5.74) is 7.32. The average Bonchev–Trinajstić information content (AvgIpc) is 3.32. The molecular formula is C28H35N4O. The first-order valence-electron chi connectivity index (χ1n) is 12.3. The lowest BCUT2D eigenvalue weighted by atomic mass is 10.0. The van der Waals surface area contributed by atoms with E-state index in [-0.39, 0.29) is 18.0 Å². The number of carbonyl (C=O) groups excluding carboxylic acids is 1. The van der Waals surface area contributed by atoms with Crippen molar-refractivity contribution in [3.63, 3.8) is 0 Å². The van der Waals surface area contributed by atoms with Crippen LogP contribution >= 0.6 is 0 Å². The number of aromatic nitrogens is 2. The van der Waals surface area contributed by atoms with Gasteiger partial charge in [-0.2, -0.15) is 0 Å². The molecule has 0 saturated carbocycles. The van der Waals surface area contributed by atoms with Gasteiger partial charge < -0.3 is 9.88 Å². The van der Waals surface area contributed by atoms with Crippen molar-refractivity contribution in [3.05, 3.63) is 65.3 Å². The zero-order valence-electron chi connectivity index (χ0n) is 20.3. The number of rotatable bonds is 5. The number of fused-ring (bicyclic) bond motifs is 2. The number of likely N-dealkylation sites (tertiary alicyclic amines) is 1. The summed E-state index contributed by atoms with van der Waals surface area (Å²) in [6.07, 6.45) is 7.28. The summed E-state index contributed by atoms with van der Waals surface area (Å²) in [7, 11) is 0. The Labute approximate surface area is 197 Å². The monoisotopic (exact) mass is 443 g/mol. The van der Waals surface area contributed by atoms with Crippen LogP contribution in [0.1, 0.15) is 55.4 Å². The van der Waals surface area contributed by atoms with Gasteiger partial charge in [0, 0.05) is 24.7 Å². The van der Waals surface area contributed by atoms with Crippen molar-refractivity contribution in [1.29, 1.82) is 0 Å². The van der Waals surface area contributed by atoms with Crippen LogP contribution in [0.25, 0.3) is 11.0 Å². The van der Waals surface area contributed by atoms with E-state index in [2.05, 4.69) is 71.5 Å². The molecule has 5 heteroatoms. The summed E-state index contributed by atoms with van der Waals surface area (Å²) < 4.78 is 2.43. The quantitative estimate of drug-likeness (QED) is 0.570. The number of hydrogen-bond acceptors (Lipinski definition) is 3. The molecule has 2 heterocycles. The number of carbonyl (C=O) groups is 1. The Morgan fingerprint density at radius 3 is 2.76 bits per heavy atom. The van der Waals surface area contributed by atoms with Crippen LogP contribution in [-0.2, 0) is 17.6 Å². The highest BCUT2D eigenvalue weighted by Gasteiger charge is 2.31. The van der Waals surface area contributed by atoms with Crippen LogP contribution in [0, 0.1) is 32.1 Å². The van der Waals surface area contributed by atoms with Crippen molar-refractivity contribution in [2.45, 2.75) is 59.5 Å². The largest absolute Gasteiger partial charge is 0.326 e. The Kier molecular flexibility index (Phi) is 6.00. The lowest BCUT2D eigenvalue weighted by molar-refractivity contribution is -0.118. The van der Waals surface area contributed by atoms with Gasteiger partial charge in [0.2, 0.25) is 5.91 Å². The first-order valence-corrected chi connectivity index (χ1v) is 12.3. The van der Waals surface area contributed by atoms with E-state index in [1.54, 1.807) is 0 Å². The smallest absolute Gasteiger partial charge is 0.226 e. The van der Waals surface area contributed by atoms with E-state index >= 15 is 0 Å². The lowest BCUT2D eigenvalue weighted by Gasteiger charge is -2.38. The fourth-order valence-corrected chi connectivity index (χ4v) is 5.51. The minimum absolute atomic E-state index is 0.00934. The predicted octanol–water partition coefficient (Wildman–Crippen LogP) is 5.46. The van der Waals surface area contributed by atoms with Crippen molar-refractivity contribution in [3.8, 4) is 0 Å². The molecule has 1 amide bonds. The van der Waals surface area contributed by atoms with Crippen LogP contribution in [0.4, 0.5) is 5.69 Å². The number of benzene rings is 2. The summed E-state index contributed by atoms with van der Waals surface area (Å²) >= 11 is 0. The molecule has 2 aliphatic rings. The highest BCUT2D eigenvalue weighted by molar-refractivity contribution is 5.92. The lowest BCUT2D eigenvalue weighted by Crippen LogP contribution is -2.40. The third-order valence-electron chi connectivity index (χ3n) is 7.20. The third-order valence-corrected chi connectivity index (χ3v) is 7.20. The molecule has 5 nitrogen and oxygen atoms in total. The summed E-state index contributed by atoms with van der Waals surface area (Å²) in [4.78, 5) is 19.6. The molecule has 33 heavy (non-hydrogen) atoms. The molecule has 3 aromatic rings. The molecule has 1 saturated heterocycles. The number of nitrogens with zero attached hydrogens (tertiary/aromatic N) is 3. The molecule has 1 radical (unpaired) electrons. The molecule has 5 rings (SSSR count). The first kappa shape index (κ1) is 22.1. The van der Waals surface area contributed by atoms with Gasteiger partial charge in [0.1, 0.15) is 5.82 Å². The van der Waals surface area contributed by atoms with Crippen LogP contribution in [0.5, 0.6) is 0 Å². The number of aryl methyl sites for hydroxylation is 2. The number of imidazole rings is 1. The maximum Gasteiger partial charge on any atom is 0.226 e. The molecular weight excluding hydrogens is 408 g/mol. The van der Waals surface area contributed by atoms with Crippen LogP contribution in [0.15, 0.2) is 36.4 Å². The topological polar surface area (TPSA) is 50.2 Å². The van der Waals surface area contributed by atoms with Gasteiger partial charge in [-0.25, -0.2) is 4.98 Å². The van der Waals surface area contributed by atoms with Crippen molar-refractivity contribution in [1.82, 2.24) is 14.5 Å². The molecule has 173 valence electrons. The molecule has 2 atom stereocenters. The molecule has 1 unspecified atom stereocenters. The second-order valence-corrected chi connectivity index (χ2v) is 10.2. The Hall–Kier alpha value is -2.66. The highest BCUT2D eigenvalue weighted by Crippen LogP contribution is 2.35. The molecule has 1 N–H and O–H groups in total. The number of anilines is 1. The fourth-order valence-electron chi connectivity index (χ4n) is 5.51. The maximum absolute atomic E-state index is 12.1. The van der Waals surface area contributed by atoms with Crippen molar-refractivity contribution in [2.75, 3.05) is 18.4 Å². The predicted molar refractivity (Wildman–Crippen MR) is 134 cm³/mol. The van der Waals surface area contributed by atoms with Crippen molar-refractivity contribution in [2.24, 2.45) is 11.8 Å². The number of hydrogen-bond donors (Lipinski definition) is 1. The van der Waals surface area contributed by atoms with Crippen molar-refractivity contribution < 1.29 is 4.79 Å². The Bertz CT molecular complexity index is 1180. The molecule has 2 aromatic carbocycles. The summed E-state index contributed by atoms with van der Waals surface area (Å²) in [6, 6.07) is 13.1. The number of amides is 1. The van der Waals surface area contributed by atoms with E-state index in [0.29, 0.717) is 5.92 Å². The van der Waals surface area contributed by atoms with Gasteiger partial charge in [0.05, 0.1) is 17.2 Å². The standard InChI is InChI=1S/C28H35N4O/c1-18(2)28(33)30-24-10-9-22-14-21(15-23(22)16-24)17-31-12-6-5-7-27(31)32-20(4)29-25-13-19(3)8-11-26(25)32/h7-11,13,16,18,21,27H,5-6,12,14-15,17H2,1-4H3,(H,30,33)/t21-,27?/m1/s1. The normalized spacial score (nSPS) is 21.0. The summed E-state index contributed by atoms with van der Waals surface area (Å²) in [5, 5.41) is 3.06. The zero-order chi connectivity index (χ0) is 23.1. The van der Waals surface area contributed by atoms with Crippen LogP contribution < -0.4 is 5.32 Å². The van der Waals surface area contributed by atoms with Gasteiger partial charge in [-0.05, 0) is 92.8 Å². The molecule has 1 fully saturated rings. The van der Waals surface area contributed by atoms with Gasteiger partial charge in [-0.3, -0.25) is 9.69 Å².